The van der Waals surface area contributed by atoms with Gasteiger partial charge in [0.05, 0.1) is 7.11 Å². The van der Waals surface area contributed by atoms with Gasteiger partial charge in [-0.05, 0) is 64.4 Å². The molecule has 1 aliphatic rings. The third-order valence-electron chi connectivity index (χ3n) is 5.06. The fourth-order valence-electron chi connectivity index (χ4n) is 3.46. The topological polar surface area (TPSA) is 62.8 Å². The lowest BCUT2D eigenvalue weighted by Gasteiger charge is -2.41. The van der Waals surface area contributed by atoms with Gasteiger partial charge in [0.1, 0.15) is 0 Å². The Labute approximate surface area is 163 Å². The number of hydrogen-bond donors (Lipinski definition) is 2. The number of rotatable bonds is 10. The molecule has 0 saturated carbocycles. The molecule has 6 heteroatoms. The van der Waals surface area contributed by atoms with E-state index < -0.39 is 0 Å². The van der Waals surface area contributed by atoms with Gasteiger partial charge in [-0.25, -0.2) is 0 Å². The maximum absolute atomic E-state index is 11.6. The average Bonchev–Trinajstić information content (AvgIpc) is 2.67. The summed E-state index contributed by atoms with van der Waals surface area (Å²) in [6, 6.07) is 5.84. The Kier molecular flexibility index (Phi) is 8.38. The molecule has 0 aromatic heterocycles. The van der Waals surface area contributed by atoms with Crippen LogP contribution in [0.4, 0.5) is 0 Å². The SMILES string of the molecule is CCNC(=O)COc1ccc(CNCC(C)(C)N2CCCCC2)cc1OC. The molecule has 0 radical (unpaired) electrons. The van der Waals surface area contributed by atoms with Crippen molar-refractivity contribution in [1.29, 1.82) is 0 Å². The van der Waals surface area contributed by atoms with Crippen molar-refractivity contribution in [3.8, 4) is 11.5 Å². The number of nitrogens with one attached hydrogen (secondary N) is 2. The molecule has 1 fully saturated rings. The number of methoxy groups -OCH3 is 1. The predicted molar refractivity (Wildman–Crippen MR) is 108 cm³/mol. The summed E-state index contributed by atoms with van der Waals surface area (Å²) in [4.78, 5) is 14.1. The normalized spacial score (nSPS) is 15.4. The van der Waals surface area contributed by atoms with Gasteiger partial charge in [-0.2, -0.15) is 0 Å². The van der Waals surface area contributed by atoms with Gasteiger partial charge in [0.2, 0.25) is 0 Å². The molecular weight excluding hydrogens is 342 g/mol. The largest absolute Gasteiger partial charge is 0.493 e. The summed E-state index contributed by atoms with van der Waals surface area (Å²) in [5, 5.41) is 6.29. The molecule has 1 amide bonds. The van der Waals surface area contributed by atoms with Crippen molar-refractivity contribution < 1.29 is 14.3 Å². The molecule has 2 rings (SSSR count). The molecule has 0 bridgehead atoms. The zero-order valence-electron chi connectivity index (χ0n) is 17.3. The van der Waals surface area contributed by atoms with Crippen LogP contribution < -0.4 is 20.1 Å². The van der Waals surface area contributed by atoms with E-state index in [2.05, 4.69) is 29.4 Å². The van der Waals surface area contributed by atoms with E-state index in [-0.39, 0.29) is 18.1 Å². The highest BCUT2D eigenvalue weighted by Crippen LogP contribution is 2.28. The third kappa shape index (κ3) is 6.70. The number of carbonyl (C=O) groups excluding carboxylic acids is 1. The number of carbonyl (C=O) groups is 1. The number of amides is 1. The Morgan fingerprint density at radius 2 is 1.93 bits per heavy atom. The minimum Gasteiger partial charge on any atom is -0.493 e. The lowest BCUT2D eigenvalue weighted by Crippen LogP contribution is -2.52. The Balaban J connectivity index is 1.86. The van der Waals surface area contributed by atoms with Crippen LogP contribution in [0.3, 0.4) is 0 Å². The van der Waals surface area contributed by atoms with Gasteiger partial charge in [-0.15, -0.1) is 0 Å². The number of hydrogen-bond acceptors (Lipinski definition) is 5. The fourth-order valence-corrected chi connectivity index (χ4v) is 3.46. The van der Waals surface area contributed by atoms with Crippen LogP contribution in [-0.2, 0) is 11.3 Å². The first-order valence-corrected chi connectivity index (χ1v) is 9.98. The van der Waals surface area contributed by atoms with Crippen LogP contribution >= 0.6 is 0 Å². The molecule has 1 aromatic rings. The predicted octanol–water partition coefficient (Wildman–Crippen LogP) is 2.56. The zero-order chi connectivity index (χ0) is 19.7. The van der Waals surface area contributed by atoms with Crippen LogP contribution in [0.15, 0.2) is 18.2 Å². The molecule has 27 heavy (non-hydrogen) atoms. The van der Waals surface area contributed by atoms with Crippen molar-refractivity contribution in [1.82, 2.24) is 15.5 Å². The molecule has 2 N–H and O–H groups in total. The summed E-state index contributed by atoms with van der Waals surface area (Å²) in [6.45, 7) is 11.2. The molecule has 0 spiro atoms. The van der Waals surface area contributed by atoms with Crippen molar-refractivity contribution in [2.45, 2.75) is 52.1 Å². The van der Waals surface area contributed by atoms with Crippen molar-refractivity contribution in [3.05, 3.63) is 23.8 Å². The third-order valence-corrected chi connectivity index (χ3v) is 5.06. The van der Waals surface area contributed by atoms with E-state index in [1.807, 2.05) is 25.1 Å². The molecule has 1 heterocycles. The first kappa shape index (κ1) is 21.5. The number of ether oxygens (including phenoxy) is 2. The van der Waals surface area contributed by atoms with E-state index in [4.69, 9.17) is 9.47 Å². The maximum Gasteiger partial charge on any atom is 0.257 e. The minimum absolute atomic E-state index is 0.00811. The minimum atomic E-state index is -0.134. The highest BCUT2D eigenvalue weighted by atomic mass is 16.5. The maximum atomic E-state index is 11.6. The van der Waals surface area contributed by atoms with Crippen LogP contribution in [0.25, 0.3) is 0 Å². The molecule has 6 nitrogen and oxygen atoms in total. The fraction of sp³-hybridized carbons (Fsp3) is 0.667. The molecular formula is C21H35N3O3. The van der Waals surface area contributed by atoms with Crippen molar-refractivity contribution in [2.75, 3.05) is 39.9 Å². The van der Waals surface area contributed by atoms with Crippen LogP contribution in [-0.4, -0.2) is 56.2 Å². The van der Waals surface area contributed by atoms with Gasteiger partial charge < -0.3 is 20.1 Å². The zero-order valence-corrected chi connectivity index (χ0v) is 17.3. The molecule has 1 aromatic carbocycles. The first-order valence-electron chi connectivity index (χ1n) is 9.98. The van der Waals surface area contributed by atoms with Crippen molar-refractivity contribution in [3.63, 3.8) is 0 Å². The van der Waals surface area contributed by atoms with Crippen LogP contribution in [0.2, 0.25) is 0 Å². The quantitative estimate of drug-likeness (QED) is 0.656. The lowest BCUT2D eigenvalue weighted by atomic mass is 9.98. The summed E-state index contributed by atoms with van der Waals surface area (Å²) in [5.41, 5.74) is 1.28. The molecule has 1 aliphatic heterocycles. The highest BCUT2D eigenvalue weighted by molar-refractivity contribution is 5.77. The summed E-state index contributed by atoms with van der Waals surface area (Å²) in [5.74, 6) is 1.10. The second-order valence-corrected chi connectivity index (χ2v) is 7.69. The molecule has 0 atom stereocenters. The van der Waals surface area contributed by atoms with Gasteiger partial charge in [0.15, 0.2) is 18.1 Å². The number of piperidine rings is 1. The molecule has 0 unspecified atom stereocenters. The van der Waals surface area contributed by atoms with Gasteiger partial charge in [-0.1, -0.05) is 12.5 Å². The monoisotopic (exact) mass is 377 g/mol. The summed E-state index contributed by atoms with van der Waals surface area (Å²) >= 11 is 0. The van der Waals surface area contributed by atoms with Gasteiger partial charge in [0.25, 0.3) is 5.91 Å². The van der Waals surface area contributed by atoms with Gasteiger partial charge in [0, 0.05) is 25.2 Å². The molecule has 1 saturated heterocycles. The Bertz CT molecular complexity index is 598. The van der Waals surface area contributed by atoms with E-state index in [9.17, 15) is 4.79 Å². The lowest BCUT2D eigenvalue weighted by molar-refractivity contribution is -0.123. The second-order valence-electron chi connectivity index (χ2n) is 7.69. The Morgan fingerprint density at radius 1 is 1.19 bits per heavy atom. The summed E-state index contributed by atoms with van der Waals surface area (Å²) < 4.78 is 11.0. The van der Waals surface area contributed by atoms with E-state index in [1.165, 1.54) is 32.4 Å². The summed E-state index contributed by atoms with van der Waals surface area (Å²) in [7, 11) is 1.62. The second kappa shape index (κ2) is 10.5. The van der Waals surface area contributed by atoms with E-state index in [0.29, 0.717) is 18.0 Å². The average molecular weight is 378 g/mol. The van der Waals surface area contributed by atoms with Crippen LogP contribution in [0.1, 0.15) is 45.6 Å². The summed E-state index contributed by atoms with van der Waals surface area (Å²) in [6.07, 6.45) is 3.96. The number of benzene rings is 1. The highest BCUT2D eigenvalue weighted by Gasteiger charge is 2.27. The number of likely N-dealkylation sites (N-methyl/N-ethyl adjacent to an activating group) is 1. The number of nitrogens with zero attached hydrogens (tertiary/aromatic N) is 1. The smallest absolute Gasteiger partial charge is 0.257 e. The van der Waals surface area contributed by atoms with E-state index >= 15 is 0 Å². The molecule has 0 aliphatic carbocycles. The molecule has 152 valence electrons. The number of likely N-dealkylation sites (tertiary alicyclic amines) is 1. The van der Waals surface area contributed by atoms with Crippen molar-refractivity contribution >= 4 is 5.91 Å². The van der Waals surface area contributed by atoms with E-state index in [0.717, 1.165) is 18.7 Å². The van der Waals surface area contributed by atoms with Crippen LogP contribution in [0.5, 0.6) is 11.5 Å². The van der Waals surface area contributed by atoms with Crippen molar-refractivity contribution in [2.24, 2.45) is 0 Å². The van der Waals surface area contributed by atoms with Crippen LogP contribution in [0, 0.1) is 0 Å². The van der Waals surface area contributed by atoms with Gasteiger partial charge >= 0.3 is 0 Å². The Morgan fingerprint density at radius 3 is 2.59 bits per heavy atom. The standard InChI is InChI=1S/C21H35N3O3/c1-5-23-20(25)15-27-18-10-9-17(13-19(18)26-4)14-22-16-21(2,3)24-11-7-6-8-12-24/h9-10,13,22H,5-8,11-12,14-16H2,1-4H3,(H,23,25). The van der Waals surface area contributed by atoms with Gasteiger partial charge in [-0.3, -0.25) is 9.69 Å². The Hall–Kier alpha value is -1.79. The first-order chi connectivity index (χ1) is 13.0. The van der Waals surface area contributed by atoms with E-state index in [1.54, 1.807) is 7.11 Å².